The molecule has 31 heavy (non-hydrogen) atoms. The Hall–Kier alpha value is -2.07. The van der Waals surface area contributed by atoms with Crippen molar-refractivity contribution in [3.05, 3.63) is 56.3 Å². The zero-order valence-electron chi connectivity index (χ0n) is 17.8. The van der Waals surface area contributed by atoms with Crippen LogP contribution in [0.5, 0.6) is 11.5 Å². The second kappa shape index (κ2) is 10.5. The molecule has 8 heteroatoms. The van der Waals surface area contributed by atoms with E-state index in [1.165, 1.54) is 23.9 Å². The van der Waals surface area contributed by atoms with Crippen molar-refractivity contribution in [1.82, 2.24) is 4.90 Å². The summed E-state index contributed by atoms with van der Waals surface area (Å²) in [5.74, 6) is 0.928. The van der Waals surface area contributed by atoms with Gasteiger partial charge in [-0.25, -0.2) is 9.38 Å². The lowest BCUT2D eigenvalue weighted by molar-refractivity contribution is -0.122. The van der Waals surface area contributed by atoms with E-state index in [-0.39, 0.29) is 17.8 Å². The number of hydrogen-bond acceptors (Lipinski definition) is 5. The van der Waals surface area contributed by atoms with Gasteiger partial charge in [-0.1, -0.05) is 0 Å². The summed E-state index contributed by atoms with van der Waals surface area (Å²) >= 11 is 3.52. The first-order valence-corrected chi connectivity index (χ1v) is 11.9. The second-order valence-electron chi connectivity index (χ2n) is 6.96. The molecule has 1 saturated heterocycles. The molecule has 1 aliphatic rings. The largest absolute Gasteiger partial charge is 0.490 e. The van der Waals surface area contributed by atoms with Crippen molar-refractivity contribution in [2.24, 2.45) is 4.99 Å². The van der Waals surface area contributed by atoms with Crippen LogP contribution in [0.2, 0.25) is 0 Å². The van der Waals surface area contributed by atoms with Gasteiger partial charge in [0.15, 0.2) is 16.7 Å². The molecule has 0 unspecified atom stereocenters. The van der Waals surface area contributed by atoms with Gasteiger partial charge >= 0.3 is 0 Å². The van der Waals surface area contributed by atoms with Gasteiger partial charge in [-0.3, -0.25) is 9.69 Å². The Balaban J connectivity index is 1.95. The van der Waals surface area contributed by atoms with Gasteiger partial charge in [0, 0.05) is 6.54 Å². The molecule has 0 N–H and O–H groups in total. The summed E-state index contributed by atoms with van der Waals surface area (Å²) in [5.41, 5.74) is 1.44. The van der Waals surface area contributed by atoms with Crippen LogP contribution >= 0.6 is 34.4 Å². The Morgan fingerprint density at radius 1 is 1.23 bits per heavy atom. The van der Waals surface area contributed by atoms with Gasteiger partial charge in [0.05, 0.1) is 26.9 Å². The van der Waals surface area contributed by atoms with Crippen LogP contribution in [0.1, 0.15) is 33.3 Å². The van der Waals surface area contributed by atoms with Gasteiger partial charge in [-0.15, -0.1) is 0 Å². The van der Waals surface area contributed by atoms with Crippen molar-refractivity contribution < 1.29 is 18.7 Å². The number of ether oxygens (including phenoxy) is 2. The average Bonchev–Trinajstić information content (AvgIpc) is 3.00. The number of hydrogen-bond donors (Lipinski definition) is 0. The van der Waals surface area contributed by atoms with Gasteiger partial charge < -0.3 is 9.47 Å². The van der Waals surface area contributed by atoms with Crippen LogP contribution in [0, 0.1) is 9.39 Å². The Morgan fingerprint density at radius 2 is 1.94 bits per heavy atom. The number of thioether (sulfide) groups is 1. The normalized spacial score (nSPS) is 16.6. The Morgan fingerprint density at radius 3 is 2.55 bits per heavy atom. The fraction of sp³-hybridized carbons (Fsp3) is 0.304. The van der Waals surface area contributed by atoms with Crippen LogP contribution in [0.3, 0.4) is 0 Å². The highest BCUT2D eigenvalue weighted by Crippen LogP contribution is 2.38. The summed E-state index contributed by atoms with van der Waals surface area (Å²) in [6.45, 7) is 8.76. The molecular weight excluding hydrogens is 530 g/mol. The maximum absolute atomic E-state index is 13.2. The number of benzene rings is 2. The molecule has 5 nitrogen and oxygen atoms in total. The van der Waals surface area contributed by atoms with E-state index in [0.717, 1.165) is 9.13 Å². The van der Waals surface area contributed by atoms with E-state index >= 15 is 0 Å². The van der Waals surface area contributed by atoms with Crippen molar-refractivity contribution in [2.45, 2.75) is 33.8 Å². The summed E-state index contributed by atoms with van der Waals surface area (Å²) in [6.07, 6.45) is 1.86. The van der Waals surface area contributed by atoms with Gasteiger partial charge in [-0.05, 0) is 110 Å². The highest BCUT2D eigenvalue weighted by Gasteiger charge is 2.32. The topological polar surface area (TPSA) is 51.1 Å². The molecule has 1 fully saturated rings. The third-order valence-electron chi connectivity index (χ3n) is 4.24. The molecule has 2 aromatic carbocycles. The van der Waals surface area contributed by atoms with Gasteiger partial charge in [0.1, 0.15) is 5.82 Å². The highest BCUT2D eigenvalue weighted by atomic mass is 127. The van der Waals surface area contributed by atoms with Crippen LogP contribution in [0.15, 0.2) is 46.3 Å². The number of likely N-dealkylation sites (N-methyl/N-ethyl adjacent to an activating group) is 1. The van der Waals surface area contributed by atoms with E-state index in [1.807, 2.05) is 45.9 Å². The first kappa shape index (κ1) is 23.6. The van der Waals surface area contributed by atoms with E-state index in [9.17, 15) is 9.18 Å². The maximum Gasteiger partial charge on any atom is 0.266 e. The number of aliphatic imine (C=N–C) groups is 1. The van der Waals surface area contributed by atoms with E-state index in [1.54, 1.807) is 17.0 Å². The maximum atomic E-state index is 13.2. The third-order valence-corrected chi connectivity index (χ3v) is 6.05. The van der Waals surface area contributed by atoms with Crippen LogP contribution in [0.4, 0.5) is 10.1 Å². The summed E-state index contributed by atoms with van der Waals surface area (Å²) in [6, 6.07) is 9.74. The van der Waals surface area contributed by atoms with Crippen molar-refractivity contribution >= 4 is 57.2 Å². The Bertz CT molecular complexity index is 1020. The van der Waals surface area contributed by atoms with Crippen LogP contribution in [-0.4, -0.2) is 35.2 Å². The zero-order chi connectivity index (χ0) is 22.5. The molecule has 0 radical (unpaired) electrons. The zero-order valence-corrected chi connectivity index (χ0v) is 20.8. The lowest BCUT2D eigenvalue weighted by atomic mass is 10.1. The van der Waals surface area contributed by atoms with E-state index in [4.69, 9.17) is 9.47 Å². The average molecular weight is 554 g/mol. The number of amidine groups is 1. The number of amides is 1. The molecule has 0 bridgehead atoms. The summed E-state index contributed by atoms with van der Waals surface area (Å²) < 4.78 is 25.8. The summed E-state index contributed by atoms with van der Waals surface area (Å²) in [4.78, 5) is 19.7. The first-order valence-electron chi connectivity index (χ1n) is 10.0. The number of halogens is 2. The lowest BCUT2D eigenvalue weighted by Gasteiger charge is -2.17. The number of nitrogens with zero attached hydrogens (tertiary/aromatic N) is 2. The molecule has 0 aliphatic carbocycles. The molecule has 3 rings (SSSR count). The van der Waals surface area contributed by atoms with Crippen molar-refractivity contribution in [2.75, 3.05) is 13.2 Å². The molecule has 0 aromatic heterocycles. The van der Waals surface area contributed by atoms with E-state index in [0.29, 0.717) is 40.4 Å². The summed E-state index contributed by atoms with van der Waals surface area (Å²) in [5, 5.41) is 0.574. The van der Waals surface area contributed by atoms with Crippen LogP contribution in [-0.2, 0) is 4.79 Å². The minimum absolute atomic E-state index is 0.0206. The molecule has 1 heterocycles. The fourth-order valence-corrected chi connectivity index (χ4v) is 4.75. The number of carbonyl (C=O) groups is 1. The van der Waals surface area contributed by atoms with Gasteiger partial charge in [0.2, 0.25) is 0 Å². The van der Waals surface area contributed by atoms with Gasteiger partial charge in [-0.2, -0.15) is 0 Å². The molecular formula is C23H24FIN2O3S. The molecule has 0 spiro atoms. The SMILES string of the molecule is CCOc1cc(/C=C2/SC(=Nc3ccc(F)cc3)N(CC)C2=O)cc(I)c1OC(C)C. The number of rotatable bonds is 7. The Kier molecular flexibility index (Phi) is 7.99. The molecule has 164 valence electrons. The first-order chi connectivity index (χ1) is 14.8. The summed E-state index contributed by atoms with van der Waals surface area (Å²) in [7, 11) is 0. The third kappa shape index (κ3) is 5.79. The highest BCUT2D eigenvalue weighted by molar-refractivity contribution is 14.1. The quantitative estimate of drug-likeness (QED) is 0.301. The van der Waals surface area contributed by atoms with Gasteiger partial charge in [0.25, 0.3) is 5.91 Å². The molecule has 0 atom stereocenters. The van der Waals surface area contributed by atoms with E-state index in [2.05, 4.69) is 27.6 Å². The minimum atomic E-state index is -0.323. The van der Waals surface area contributed by atoms with Crippen LogP contribution in [0.25, 0.3) is 6.08 Å². The second-order valence-corrected chi connectivity index (χ2v) is 9.13. The standard InChI is InChI=1S/C23H24FIN2O3S/c1-5-27-22(28)20(31-23(27)26-17-9-7-16(24)8-10-17)13-15-11-18(25)21(30-14(3)4)19(12-15)29-6-2/h7-14H,5-6H2,1-4H3/b20-13+,26-23?. The van der Waals surface area contributed by atoms with Crippen LogP contribution < -0.4 is 9.47 Å². The monoisotopic (exact) mass is 554 g/mol. The predicted octanol–water partition coefficient (Wildman–Crippen LogP) is 6.24. The molecule has 2 aromatic rings. The Labute approximate surface area is 199 Å². The molecule has 1 aliphatic heterocycles. The van der Waals surface area contributed by atoms with Crippen molar-refractivity contribution in [3.8, 4) is 11.5 Å². The molecule has 0 saturated carbocycles. The van der Waals surface area contributed by atoms with Crippen molar-refractivity contribution in [3.63, 3.8) is 0 Å². The fourth-order valence-electron chi connectivity index (χ4n) is 2.93. The molecule has 1 amide bonds. The van der Waals surface area contributed by atoms with Crippen molar-refractivity contribution in [1.29, 1.82) is 0 Å². The number of carbonyl (C=O) groups excluding carboxylic acids is 1. The minimum Gasteiger partial charge on any atom is -0.490 e. The van der Waals surface area contributed by atoms with E-state index < -0.39 is 0 Å². The smallest absolute Gasteiger partial charge is 0.266 e. The predicted molar refractivity (Wildman–Crippen MR) is 133 cm³/mol. The lowest BCUT2D eigenvalue weighted by Crippen LogP contribution is -2.28.